The minimum Gasteiger partial charge on any atom is -0.458 e. The minimum atomic E-state index is -2.36. The lowest BCUT2D eigenvalue weighted by Crippen LogP contribution is -2.71. The zero-order valence-electron chi connectivity index (χ0n) is 83.5. The van der Waals surface area contributed by atoms with Gasteiger partial charge in [0.15, 0.2) is 56.4 Å². The highest BCUT2D eigenvalue weighted by molar-refractivity contribution is 5.88. The summed E-state index contributed by atoms with van der Waals surface area (Å²) >= 11 is 0. The van der Waals surface area contributed by atoms with Crippen molar-refractivity contribution in [1.29, 1.82) is 0 Å². The molecule has 9 heterocycles. The summed E-state index contributed by atoms with van der Waals surface area (Å²) in [6.07, 6.45) is -78.8. The second kappa shape index (κ2) is 46.3. The Morgan fingerprint density at radius 1 is 0.500 bits per heavy atom. The second-order valence-electron chi connectivity index (χ2n) is 44.2. The van der Waals surface area contributed by atoms with Crippen LogP contribution >= 0.6 is 0 Å². The van der Waals surface area contributed by atoms with Crippen molar-refractivity contribution >= 4 is 17.9 Å². The van der Waals surface area contributed by atoms with Crippen molar-refractivity contribution in [2.24, 2.45) is 56.2 Å². The van der Waals surface area contributed by atoms with Gasteiger partial charge < -0.3 is 233 Å². The summed E-state index contributed by atoms with van der Waals surface area (Å²) in [5.41, 5.74) is -9.12. The Labute approximate surface area is 841 Å². The van der Waals surface area contributed by atoms with Crippen molar-refractivity contribution in [3.63, 3.8) is 0 Å². The minimum absolute atomic E-state index is 0.0221. The van der Waals surface area contributed by atoms with Crippen LogP contribution in [-0.2, 0) is 109 Å². The molecule has 0 bridgehead atoms. The molecule has 0 amide bonds. The van der Waals surface area contributed by atoms with E-state index in [0.717, 1.165) is 0 Å². The van der Waals surface area contributed by atoms with E-state index in [1.165, 1.54) is 32.9 Å². The fourth-order valence-corrected chi connectivity index (χ4v) is 24.8. The monoisotopic (exact) mass is 2110 g/mol. The van der Waals surface area contributed by atoms with Gasteiger partial charge in [-0.05, 0) is 119 Å². The van der Waals surface area contributed by atoms with Crippen LogP contribution in [0.25, 0.3) is 0 Å². The predicted octanol–water partition coefficient (Wildman–Crippen LogP) is -8.90. The first kappa shape index (κ1) is 117. The largest absolute Gasteiger partial charge is 0.458 e. The van der Waals surface area contributed by atoms with Crippen LogP contribution in [-0.4, -0.2) is 490 Å². The van der Waals surface area contributed by atoms with E-state index in [9.17, 15) is 143 Å². The number of fused-ring (bicyclic) bond motifs is 7. The van der Waals surface area contributed by atoms with Crippen molar-refractivity contribution in [3.8, 4) is 0 Å². The Kier molecular flexibility index (Phi) is 37.3. The molecule has 0 radical (unpaired) electrons. The van der Waals surface area contributed by atoms with Crippen LogP contribution in [0.3, 0.4) is 0 Å². The number of allylic oxidation sites excluding steroid dienone is 3. The van der Waals surface area contributed by atoms with Crippen LogP contribution in [0, 0.1) is 56.2 Å². The highest BCUT2D eigenvalue weighted by atomic mass is 16.8. The van der Waals surface area contributed by atoms with Gasteiger partial charge in [0.05, 0.1) is 94.4 Å². The fraction of sp³-hybridized carbons (Fsp3) is 0.906. The average molecular weight is 2110 g/mol. The zero-order valence-corrected chi connectivity index (χ0v) is 83.5. The molecule has 5 aliphatic carbocycles. The Morgan fingerprint density at radius 2 is 1.01 bits per heavy atom. The highest BCUT2D eigenvalue weighted by Gasteiger charge is 2.75. The Hall–Kier alpha value is -4.13. The maximum Gasteiger partial charge on any atom is 0.333 e. The molecule has 13 fully saturated rings. The quantitative estimate of drug-likeness (QED) is 0.00978. The number of hydrogen-bond donors (Lipinski definition) is 27. The summed E-state index contributed by atoms with van der Waals surface area (Å²) in [5, 5.41) is 305. The first-order valence-corrected chi connectivity index (χ1v) is 50.3. The molecule has 0 spiro atoms. The molecular formula is C96H154O50. The van der Waals surface area contributed by atoms with Crippen LogP contribution < -0.4 is 0 Å². The summed E-state index contributed by atoms with van der Waals surface area (Å²) in [7, 11) is 0. The summed E-state index contributed by atoms with van der Waals surface area (Å²) in [4.78, 5) is 45.6. The van der Waals surface area contributed by atoms with E-state index in [1.54, 1.807) is 41.5 Å². The number of carbonyl (C=O) groups excluding carboxylic acids is 3. The summed E-state index contributed by atoms with van der Waals surface area (Å²) in [5.74, 6) is -5.86. The van der Waals surface area contributed by atoms with Gasteiger partial charge >= 0.3 is 17.9 Å². The molecule has 56 atom stereocenters. The first-order chi connectivity index (χ1) is 68.5. The number of aliphatic hydroxyl groups is 27. The van der Waals surface area contributed by atoms with Gasteiger partial charge in [-0.3, -0.25) is 9.59 Å². The van der Waals surface area contributed by atoms with E-state index >= 15 is 9.59 Å². The molecule has 0 aromatic rings. The summed E-state index contributed by atoms with van der Waals surface area (Å²) in [6.45, 7) is 18.9. The molecule has 146 heavy (non-hydrogen) atoms. The van der Waals surface area contributed by atoms with Crippen LogP contribution in [0.4, 0.5) is 0 Å². The van der Waals surface area contributed by atoms with Gasteiger partial charge in [-0.25, -0.2) is 4.79 Å². The van der Waals surface area contributed by atoms with Crippen LogP contribution in [0.15, 0.2) is 36.0 Å². The van der Waals surface area contributed by atoms with Gasteiger partial charge in [-0.15, -0.1) is 6.58 Å². The lowest BCUT2D eigenvalue weighted by Gasteiger charge is -2.72. The second-order valence-corrected chi connectivity index (χ2v) is 44.2. The molecule has 9 saturated heterocycles. The number of rotatable bonds is 32. The molecule has 9 aliphatic heterocycles. The average Bonchev–Trinajstić information content (AvgIpc) is 0.664. The van der Waals surface area contributed by atoms with E-state index in [4.69, 9.17) is 94.7 Å². The SMILES string of the molecule is C=C[C@@](C)(CC/C=C(\C)C(=O)O[C@@H]1C[C@]2(C(=O)O[C@H]3O[C@@H](CO[C@H]4O[C@@H](C)[C@H](O)[C@@H](O)[C@@H]4O)[C@H](O)[C@@H](O)[C@@H]3O[C@H]3O[C@@H](C)[C@H](O[C@H]4OC[C@H](O)[C@@H](O[C@H]5OC[C@H](O)[C@@H](O)[C@@H]5O)[C@@H]4O)[C@@H](O)[C@@H]3O)[C@@H](O)C[C@]3(C)C(=CC[C@H]4[C@]5(C)C[C@H](O)[C@@H](O[C@H]6O[C@@H](CO)[C@H](O)[C@@H](O)[C@@H]6O[C@H]6O[C@@H](CO)[C@H](O)[C@@H](O)[C@@H]6O)[C@](C)(CO)[C@@H]5CC[C@]43C)[C@@H]2CC1(C)C)O[C@H]1O[C@@H](OC(=O)[C@H](C)CC)C[C@@H](O[C@H]2O[C@@H](CO)[C@H](O)[C@@H](O)[C@@H]2O)[C@@H]1O. The number of carbonyl (C=O) groups is 3. The molecule has 0 aromatic carbocycles. The van der Waals surface area contributed by atoms with Crippen LogP contribution in [0.1, 0.15) is 154 Å². The first-order valence-electron chi connectivity index (χ1n) is 50.3. The maximum atomic E-state index is 17.1. The van der Waals surface area contributed by atoms with Gasteiger partial charge in [-0.1, -0.05) is 79.2 Å². The molecule has 50 heteroatoms. The van der Waals surface area contributed by atoms with Gasteiger partial charge in [-0.2, -0.15) is 0 Å². The molecule has 4 saturated carbocycles. The Bertz CT molecular complexity index is 4410. The lowest BCUT2D eigenvalue weighted by atomic mass is 9.33. The van der Waals surface area contributed by atoms with Crippen molar-refractivity contribution in [1.82, 2.24) is 0 Å². The molecular weight excluding hydrogens is 1950 g/mol. The molecule has 50 nitrogen and oxygen atoms in total. The van der Waals surface area contributed by atoms with Crippen LogP contribution in [0.2, 0.25) is 0 Å². The topological polar surface area (TPSA) is 782 Å². The van der Waals surface area contributed by atoms with Crippen molar-refractivity contribution in [2.45, 2.75) is 442 Å². The lowest BCUT2D eigenvalue weighted by molar-refractivity contribution is -0.384. The smallest absolute Gasteiger partial charge is 0.333 e. The van der Waals surface area contributed by atoms with Crippen molar-refractivity contribution < 1.29 is 247 Å². The Balaban J connectivity index is 0.776. The molecule has 14 aliphatic rings. The highest BCUT2D eigenvalue weighted by Crippen LogP contribution is 2.77. The third-order valence-corrected chi connectivity index (χ3v) is 34.4. The zero-order chi connectivity index (χ0) is 107. The van der Waals surface area contributed by atoms with Crippen LogP contribution in [0.5, 0.6) is 0 Å². The van der Waals surface area contributed by atoms with E-state index in [0.29, 0.717) is 12.0 Å². The Morgan fingerprint density at radius 3 is 1.62 bits per heavy atom. The summed E-state index contributed by atoms with van der Waals surface area (Å²) in [6, 6.07) is 0. The number of hydrogen-bond acceptors (Lipinski definition) is 50. The van der Waals surface area contributed by atoms with Gasteiger partial charge in [0.25, 0.3) is 0 Å². The number of ether oxygens (including phenoxy) is 20. The van der Waals surface area contributed by atoms with Gasteiger partial charge in [0, 0.05) is 29.2 Å². The fourth-order valence-electron chi connectivity index (χ4n) is 24.8. The van der Waals surface area contributed by atoms with Crippen molar-refractivity contribution in [2.75, 3.05) is 46.2 Å². The molecule has 838 valence electrons. The number of aliphatic hydroxyl groups excluding tert-OH is 27. The third kappa shape index (κ3) is 22.2. The summed E-state index contributed by atoms with van der Waals surface area (Å²) < 4.78 is 121. The van der Waals surface area contributed by atoms with Gasteiger partial charge in [0.2, 0.25) is 12.6 Å². The standard InChI is InChI=1S/C96H154O50/c1-14-35(3)78(124)138-53-23-44(132-84-69(120)62(113)56(107)45(28-97)133-84)60(111)86(139-53)146-91(9,15-2)21-16-17-36(4)79(125)137-52-27-96(89(126)145-88-76(65(116)59(110)48(136-88)33-129-80-68(119)61(112)54(105)37(5)130-80)142-83-71(122)66(117)73(38(6)131-83)140-82-72(123)74(43(103)32-128-82)141-81-67(118)55(106)42(102)31-127-81)40(24-90(52,7)8)39-18-19-50-92(10)25-41(101)77(93(11,34-100)49(92)20-22-94(50,12)95(39,13)26-51(96)104)144-87-75(64(115)58(109)47(30-99)135-87)143-85-70(121)63(114)57(108)46(29-98)134-85/h15,17-18,35,37-38,40-77,80-88,97-123H,2,14,16,19-34H2,1,3-13H3/b36-17+/t35-,37+,38+,40+,41+,42+,43+,44-,45+,46+,47+,48+,49-,50+,51+,52-,53-,54+,55-,56+,57+,58+,59+,60+,61-,62-,63-,64-,65-,66+,67+,68+,69+,70+,71+,72+,73+,74-,75+,76+,77-,80+,81-,82-,83-,84+,85-,86-,87-,88-,91+,92-,93-,94-,95-,96-/m1/s1. The van der Waals surface area contributed by atoms with Gasteiger partial charge in [0.1, 0.15) is 182 Å². The predicted molar refractivity (Wildman–Crippen MR) is 481 cm³/mol. The molecule has 14 rings (SSSR count). The molecule has 0 unspecified atom stereocenters. The third-order valence-electron chi connectivity index (χ3n) is 34.4. The maximum absolute atomic E-state index is 17.1. The van der Waals surface area contributed by atoms with E-state index < -0.39 is 415 Å². The van der Waals surface area contributed by atoms with E-state index in [1.807, 2.05) is 26.8 Å². The molecule has 27 N–H and O–H groups in total. The normalized spacial score (nSPS) is 51.1. The number of esters is 3. The molecule has 0 aromatic heterocycles. The van der Waals surface area contributed by atoms with E-state index in [2.05, 4.69) is 6.58 Å². The van der Waals surface area contributed by atoms with E-state index in [-0.39, 0.29) is 63.4 Å². The van der Waals surface area contributed by atoms with Crippen molar-refractivity contribution in [3.05, 3.63) is 36.0 Å².